The topological polar surface area (TPSA) is 79.3 Å². The third-order valence-corrected chi connectivity index (χ3v) is 4.30. The molecule has 104 valence electrons. The molecule has 1 aliphatic carbocycles. The molecule has 1 fully saturated rings. The quantitative estimate of drug-likeness (QED) is 0.839. The molecular weight excluding hydrogens is 264 g/mol. The number of hydrogen-bond acceptors (Lipinski definition) is 4. The highest BCUT2D eigenvalue weighted by Crippen LogP contribution is 2.41. The summed E-state index contributed by atoms with van der Waals surface area (Å²) in [6.07, 6.45) is 3.36. The fourth-order valence-corrected chi connectivity index (χ4v) is 2.92. The second-order valence-electron chi connectivity index (χ2n) is 5.19. The number of aromatic nitrogens is 1. The monoisotopic (exact) mass is 282 g/mol. The lowest BCUT2D eigenvalue weighted by Gasteiger charge is -2.25. The minimum absolute atomic E-state index is 0.329. The molecule has 1 unspecified atom stereocenters. The van der Waals surface area contributed by atoms with Crippen LogP contribution in [0.5, 0.6) is 0 Å². The summed E-state index contributed by atoms with van der Waals surface area (Å²) in [7, 11) is 0. The van der Waals surface area contributed by atoms with Crippen LogP contribution in [0.15, 0.2) is 5.38 Å². The second kappa shape index (κ2) is 5.28. The molecule has 1 heterocycles. The SMILES string of the molecule is CCCC(C)(NC(=O)c1csc(C2CC2)n1)C(=O)O. The standard InChI is InChI=1S/C13H18N2O3S/c1-3-6-13(2,12(17)18)15-10(16)9-7-19-11(14-9)8-4-5-8/h7-8H,3-6H2,1-2H3,(H,15,16)(H,17,18). The summed E-state index contributed by atoms with van der Waals surface area (Å²) in [6.45, 7) is 3.42. The van der Waals surface area contributed by atoms with Gasteiger partial charge in [-0.05, 0) is 26.2 Å². The maximum atomic E-state index is 12.1. The largest absolute Gasteiger partial charge is 0.480 e. The van der Waals surface area contributed by atoms with Gasteiger partial charge in [0.1, 0.15) is 11.2 Å². The van der Waals surface area contributed by atoms with Crippen LogP contribution in [0.4, 0.5) is 0 Å². The van der Waals surface area contributed by atoms with Crippen LogP contribution in [-0.2, 0) is 4.79 Å². The summed E-state index contributed by atoms with van der Waals surface area (Å²) < 4.78 is 0. The molecule has 0 radical (unpaired) electrons. The Morgan fingerprint density at radius 2 is 2.26 bits per heavy atom. The lowest BCUT2D eigenvalue weighted by Crippen LogP contribution is -2.52. The highest BCUT2D eigenvalue weighted by Gasteiger charge is 2.35. The zero-order chi connectivity index (χ0) is 14.0. The van der Waals surface area contributed by atoms with Gasteiger partial charge in [-0.15, -0.1) is 11.3 Å². The molecule has 19 heavy (non-hydrogen) atoms. The average molecular weight is 282 g/mol. The third kappa shape index (κ3) is 3.12. The first kappa shape index (κ1) is 14.0. The van der Waals surface area contributed by atoms with Crippen LogP contribution in [0.3, 0.4) is 0 Å². The molecule has 1 aromatic rings. The van der Waals surface area contributed by atoms with E-state index in [1.54, 1.807) is 5.38 Å². The molecule has 1 atom stereocenters. The highest BCUT2D eigenvalue weighted by molar-refractivity contribution is 7.10. The van der Waals surface area contributed by atoms with Crippen LogP contribution in [0.2, 0.25) is 0 Å². The predicted octanol–water partition coefficient (Wildman–Crippen LogP) is 2.39. The van der Waals surface area contributed by atoms with Crippen molar-refractivity contribution >= 4 is 23.2 Å². The van der Waals surface area contributed by atoms with Crippen molar-refractivity contribution in [2.75, 3.05) is 0 Å². The number of carboxylic acid groups (broad SMARTS) is 1. The fourth-order valence-electron chi connectivity index (χ4n) is 1.95. The van der Waals surface area contributed by atoms with Gasteiger partial charge in [0.2, 0.25) is 0 Å². The van der Waals surface area contributed by atoms with Crippen molar-refractivity contribution < 1.29 is 14.7 Å². The van der Waals surface area contributed by atoms with E-state index < -0.39 is 17.4 Å². The number of nitrogens with zero attached hydrogens (tertiary/aromatic N) is 1. The molecule has 0 saturated heterocycles. The summed E-state index contributed by atoms with van der Waals surface area (Å²) >= 11 is 1.48. The number of carbonyl (C=O) groups excluding carboxylic acids is 1. The van der Waals surface area contributed by atoms with Gasteiger partial charge in [0, 0.05) is 11.3 Å². The predicted molar refractivity (Wildman–Crippen MR) is 72.5 cm³/mol. The molecule has 6 heteroatoms. The molecule has 0 spiro atoms. The molecule has 0 aromatic carbocycles. The summed E-state index contributed by atoms with van der Waals surface area (Å²) in [5.74, 6) is -0.908. The van der Waals surface area contributed by atoms with E-state index in [4.69, 9.17) is 0 Å². The van der Waals surface area contributed by atoms with Crippen LogP contribution in [0.25, 0.3) is 0 Å². The Kier molecular flexibility index (Phi) is 3.89. The lowest BCUT2D eigenvalue weighted by molar-refractivity contribution is -0.144. The number of carbonyl (C=O) groups is 2. The van der Waals surface area contributed by atoms with E-state index in [2.05, 4.69) is 10.3 Å². The third-order valence-electron chi connectivity index (χ3n) is 3.29. The van der Waals surface area contributed by atoms with E-state index in [-0.39, 0.29) is 0 Å². The zero-order valence-corrected chi connectivity index (χ0v) is 11.9. The van der Waals surface area contributed by atoms with Crippen molar-refractivity contribution in [1.82, 2.24) is 10.3 Å². The molecular formula is C13H18N2O3S. The van der Waals surface area contributed by atoms with Crippen molar-refractivity contribution in [1.29, 1.82) is 0 Å². The number of thiazole rings is 1. The van der Waals surface area contributed by atoms with Gasteiger partial charge in [-0.25, -0.2) is 9.78 Å². The number of hydrogen-bond donors (Lipinski definition) is 2. The Balaban J connectivity index is 2.07. The Morgan fingerprint density at radius 3 is 2.79 bits per heavy atom. The smallest absolute Gasteiger partial charge is 0.329 e. The highest BCUT2D eigenvalue weighted by atomic mass is 32.1. The van der Waals surface area contributed by atoms with Gasteiger partial charge in [0.05, 0.1) is 5.01 Å². The van der Waals surface area contributed by atoms with Gasteiger partial charge >= 0.3 is 5.97 Å². The number of carboxylic acids is 1. The minimum atomic E-state index is -1.23. The van der Waals surface area contributed by atoms with Gasteiger partial charge < -0.3 is 10.4 Å². The van der Waals surface area contributed by atoms with Gasteiger partial charge in [-0.3, -0.25) is 4.79 Å². The Morgan fingerprint density at radius 1 is 1.58 bits per heavy atom. The summed E-state index contributed by atoms with van der Waals surface area (Å²) in [4.78, 5) is 27.6. The molecule has 2 rings (SSSR count). The summed E-state index contributed by atoms with van der Waals surface area (Å²) in [6, 6.07) is 0. The molecule has 1 amide bonds. The van der Waals surface area contributed by atoms with Crippen molar-refractivity contribution in [3.63, 3.8) is 0 Å². The number of aliphatic carboxylic acids is 1. The van der Waals surface area contributed by atoms with Crippen LogP contribution in [0.1, 0.15) is 60.9 Å². The van der Waals surface area contributed by atoms with Gasteiger partial charge in [-0.2, -0.15) is 0 Å². The maximum Gasteiger partial charge on any atom is 0.329 e. The minimum Gasteiger partial charge on any atom is -0.480 e. The van der Waals surface area contributed by atoms with E-state index in [1.165, 1.54) is 18.3 Å². The molecule has 1 saturated carbocycles. The lowest BCUT2D eigenvalue weighted by atomic mass is 9.96. The van der Waals surface area contributed by atoms with Crippen LogP contribution in [0, 0.1) is 0 Å². The number of nitrogens with one attached hydrogen (secondary N) is 1. The first-order chi connectivity index (χ1) is 8.96. The zero-order valence-electron chi connectivity index (χ0n) is 11.1. The second-order valence-corrected chi connectivity index (χ2v) is 6.08. The molecule has 1 aliphatic rings. The van der Waals surface area contributed by atoms with Gasteiger partial charge in [-0.1, -0.05) is 13.3 Å². The van der Waals surface area contributed by atoms with Gasteiger partial charge in [0.25, 0.3) is 5.91 Å². The normalized spacial score (nSPS) is 17.8. The van der Waals surface area contributed by atoms with Crippen LogP contribution < -0.4 is 5.32 Å². The number of rotatable bonds is 6. The van der Waals surface area contributed by atoms with Crippen molar-refractivity contribution in [3.05, 3.63) is 16.1 Å². The Labute approximate surface area is 116 Å². The molecule has 1 aromatic heterocycles. The number of amides is 1. The molecule has 0 bridgehead atoms. The fraction of sp³-hybridized carbons (Fsp3) is 0.615. The molecule has 2 N–H and O–H groups in total. The Hall–Kier alpha value is -1.43. The van der Waals surface area contributed by atoms with E-state index in [9.17, 15) is 14.7 Å². The van der Waals surface area contributed by atoms with Crippen LogP contribution in [-0.4, -0.2) is 27.5 Å². The molecule has 5 nitrogen and oxygen atoms in total. The first-order valence-corrected chi connectivity index (χ1v) is 7.35. The van der Waals surface area contributed by atoms with E-state index in [1.807, 2.05) is 6.92 Å². The maximum absolute atomic E-state index is 12.1. The first-order valence-electron chi connectivity index (χ1n) is 6.47. The van der Waals surface area contributed by atoms with Gasteiger partial charge in [0.15, 0.2) is 0 Å². The summed E-state index contributed by atoms with van der Waals surface area (Å²) in [5, 5.41) is 14.5. The average Bonchev–Trinajstić information content (AvgIpc) is 3.07. The van der Waals surface area contributed by atoms with E-state index in [0.29, 0.717) is 24.5 Å². The van der Waals surface area contributed by atoms with E-state index >= 15 is 0 Å². The van der Waals surface area contributed by atoms with E-state index in [0.717, 1.165) is 17.8 Å². The van der Waals surface area contributed by atoms with Crippen LogP contribution >= 0.6 is 11.3 Å². The Bertz CT molecular complexity index is 496. The van der Waals surface area contributed by atoms with Crippen molar-refractivity contribution in [3.8, 4) is 0 Å². The molecule has 0 aliphatic heterocycles. The summed E-state index contributed by atoms with van der Waals surface area (Å²) in [5.41, 5.74) is -0.898. The van der Waals surface area contributed by atoms with Crippen molar-refractivity contribution in [2.45, 2.75) is 51.0 Å². The van der Waals surface area contributed by atoms with Crippen molar-refractivity contribution in [2.24, 2.45) is 0 Å².